The molecule has 0 aliphatic carbocycles. The molecule has 7 nitrogen and oxygen atoms in total. The van der Waals surface area contributed by atoms with Gasteiger partial charge < -0.3 is 9.64 Å². The molecule has 0 bridgehead atoms. The van der Waals surface area contributed by atoms with Crippen LogP contribution in [0, 0.1) is 17.0 Å². The van der Waals surface area contributed by atoms with Gasteiger partial charge in [0, 0.05) is 44.4 Å². The largest absolute Gasteiger partial charge is 0.484 e. The van der Waals surface area contributed by atoms with Crippen molar-refractivity contribution in [1.29, 1.82) is 0 Å². The summed E-state index contributed by atoms with van der Waals surface area (Å²) >= 11 is 0. The molecule has 0 unspecified atom stereocenters. The number of nitrogens with zero attached hydrogens (tertiary/aromatic N) is 3. The number of aryl methyl sites for hydroxylation is 1. The van der Waals surface area contributed by atoms with Crippen molar-refractivity contribution >= 4 is 11.6 Å². The maximum atomic E-state index is 12.4. The minimum absolute atomic E-state index is 0.0446. The molecular weight excluding hydrogens is 346 g/mol. The lowest BCUT2D eigenvalue weighted by atomic mass is 10.2. The normalized spacial score (nSPS) is 14.8. The van der Waals surface area contributed by atoms with Crippen LogP contribution in [0.3, 0.4) is 0 Å². The number of rotatable bonds is 6. The van der Waals surface area contributed by atoms with Gasteiger partial charge in [0.15, 0.2) is 6.61 Å². The first-order valence-electron chi connectivity index (χ1n) is 8.95. The van der Waals surface area contributed by atoms with Crippen molar-refractivity contribution in [3.8, 4) is 5.75 Å². The van der Waals surface area contributed by atoms with Crippen molar-refractivity contribution in [3.05, 3.63) is 69.8 Å². The molecule has 0 spiro atoms. The average molecular weight is 369 g/mol. The summed E-state index contributed by atoms with van der Waals surface area (Å²) in [5.41, 5.74) is 1.83. The van der Waals surface area contributed by atoms with Gasteiger partial charge in [-0.3, -0.25) is 19.8 Å². The van der Waals surface area contributed by atoms with Gasteiger partial charge in [-0.05, 0) is 24.6 Å². The molecule has 0 aromatic heterocycles. The number of benzene rings is 2. The van der Waals surface area contributed by atoms with E-state index >= 15 is 0 Å². The van der Waals surface area contributed by atoms with Crippen molar-refractivity contribution in [1.82, 2.24) is 9.80 Å². The molecule has 0 atom stereocenters. The Morgan fingerprint density at radius 3 is 2.44 bits per heavy atom. The molecule has 1 saturated heterocycles. The quantitative estimate of drug-likeness (QED) is 0.578. The number of carbonyl (C=O) groups excluding carboxylic acids is 1. The number of hydrogen-bond acceptors (Lipinski definition) is 5. The van der Waals surface area contributed by atoms with Gasteiger partial charge in [0.2, 0.25) is 0 Å². The van der Waals surface area contributed by atoms with E-state index in [0.29, 0.717) is 24.4 Å². The van der Waals surface area contributed by atoms with E-state index in [1.54, 1.807) is 17.9 Å². The molecule has 1 aliphatic heterocycles. The number of amides is 1. The van der Waals surface area contributed by atoms with Crippen molar-refractivity contribution in [2.24, 2.45) is 0 Å². The topological polar surface area (TPSA) is 75.9 Å². The maximum absolute atomic E-state index is 12.4. The molecule has 1 amide bonds. The van der Waals surface area contributed by atoms with Crippen molar-refractivity contribution < 1.29 is 14.5 Å². The summed E-state index contributed by atoms with van der Waals surface area (Å²) in [6.07, 6.45) is 0. The first-order valence-corrected chi connectivity index (χ1v) is 8.95. The zero-order valence-electron chi connectivity index (χ0n) is 15.3. The summed E-state index contributed by atoms with van der Waals surface area (Å²) in [7, 11) is 0. The predicted octanol–water partition coefficient (Wildman–Crippen LogP) is 2.63. The third kappa shape index (κ3) is 5.04. The van der Waals surface area contributed by atoms with E-state index in [1.165, 1.54) is 17.7 Å². The van der Waals surface area contributed by atoms with Crippen molar-refractivity contribution in [3.63, 3.8) is 0 Å². The Bertz CT molecular complexity index is 802. The highest BCUT2D eigenvalue weighted by molar-refractivity contribution is 5.77. The number of nitro benzene ring substituents is 1. The monoisotopic (exact) mass is 369 g/mol. The minimum atomic E-state index is -0.431. The van der Waals surface area contributed by atoms with Gasteiger partial charge in [0.1, 0.15) is 5.75 Å². The summed E-state index contributed by atoms with van der Waals surface area (Å²) in [5, 5.41) is 10.8. The Hall–Kier alpha value is -2.93. The van der Waals surface area contributed by atoms with E-state index in [-0.39, 0.29) is 18.2 Å². The molecule has 1 aliphatic rings. The molecule has 2 aromatic carbocycles. The summed E-state index contributed by atoms with van der Waals surface area (Å²) < 4.78 is 5.53. The smallest absolute Gasteiger partial charge is 0.272 e. The first-order chi connectivity index (χ1) is 13.0. The zero-order valence-corrected chi connectivity index (χ0v) is 15.3. The lowest BCUT2D eigenvalue weighted by molar-refractivity contribution is -0.385. The lowest BCUT2D eigenvalue weighted by Crippen LogP contribution is -2.49. The van der Waals surface area contributed by atoms with Gasteiger partial charge in [0.05, 0.1) is 4.92 Å². The van der Waals surface area contributed by atoms with E-state index in [4.69, 9.17) is 4.74 Å². The van der Waals surface area contributed by atoms with Crippen LogP contribution in [0.15, 0.2) is 48.5 Å². The Morgan fingerprint density at radius 1 is 1.11 bits per heavy atom. The molecule has 0 saturated carbocycles. The number of nitro groups is 1. The second-order valence-electron chi connectivity index (χ2n) is 6.64. The van der Waals surface area contributed by atoms with E-state index in [1.807, 2.05) is 18.2 Å². The fourth-order valence-corrected chi connectivity index (χ4v) is 3.16. The highest BCUT2D eigenvalue weighted by atomic mass is 16.6. The second kappa shape index (κ2) is 8.64. The zero-order chi connectivity index (χ0) is 19.2. The molecule has 0 radical (unpaired) electrons. The molecule has 1 heterocycles. The Balaban J connectivity index is 1.46. The number of piperazine rings is 1. The number of hydrogen-bond donors (Lipinski definition) is 0. The van der Waals surface area contributed by atoms with E-state index in [9.17, 15) is 14.9 Å². The van der Waals surface area contributed by atoms with Crippen LogP contribution < -0.4 is 4.74 Å². The second-order valence-corrected chi connectivity index (χ2v) is 6.64. The summed E-state index contributed by atoms with van der Waals surface area (Å²) in [4.78, 5) is 26.9. The van der Waals surface area contributed by atoms with Crippen LogP contribution >= 0.6 is 0 Å². The molecular formula is C20H23N3O4. The molecule has 1 fully saturated rings. The SMILES string of the molecule is Cc1cc(OCC(=O)N2CCN(Cc3ccccc3)CC2)ccc1[N+](=O)[O-]. The van der Waals surface area contributed by atoms with Gasteiger partial charge in [-0.15, -0.1) is 0 Å². The summed E-state index contributed by atoms with van der Waals surface area (Å²) in [5.74, 6) is 0.402. The van der Waals surface area contributed by atoms with Crippen LogP contribution in [0.2, 0.25) is 0 Å². The van der Waals surface area contributed by atoms with E-state index in [0.717, 1.165) is 19.6 Å². The third-order valence-electron chi connectivity index (χ3n) is 4.70. The predicted molar refractivity (Wildman–Crippen MR) is 102 cm³/mol. The molecule has 2 aromatic rings. The Morgan fingerprint density at radius 2 is 1.81 bits per heavy atom. The van der Waals surface area contributed by atoms with Crippen molar-refractivity contribution in [2.75, 3.05) is 32.8 Å². The van der Waals surface area contributed by atoms with Crippen LogP contribution in [0.4, 0.5) is 5.69 Å². The molecule has 7 heteroatoms. The van der Waals surface area contributed by atoms with E-state index in [2.05, 4.69) is 17.0 Å². The van der Waals surface area contributed by atoms with Crippen molar-refractivity contribution in [2.45, 2.75) is 13.5 Å². The molecule has 0 N–H and O–H groups in total. The van der Waals surface area contributed by atoms with Crippen LogP contribution in [-0.4, -0.2) is 53.4 Å². The van der Waals surface area contributed by atoms with Gasteiger partial charge >= 0.3 is 0 Å². The molecule has 27 heavy (non-hydrogen) atoms. The average Bonchev–Trinajstić information content (AvgIpc) is 2.67. The maximum Gasteiger partial charge on any atom is 0.272 e. The number of ether oxygens (including phenoxy) is 1. The minimum Gasteiger partial charge on any atom is -0.484 e. The first kappa shape index (κ1) is 18.8. The third-order valence-corrected chi connectivity index (χ3v) is 4.70. The standard InChI is InChI=1S/C20H23N3O4/c1-16-13-18(7-8-19(16)23(25)26)27-15-20(24)22-11-9-21(10-12-22)14-17-5-3-2-4-6-17/h2-8,13H,9-12,14-15H2,1H3. The van der Waals surface area contributed by atoms with Crippen LogP contribution in [0.1, 0.15) is 11.1 Å². The highest BCUT2D eigenvalue weighted by Crippen LogP contribution is 2.23. The van der Waals surface area contributed by atoms with Gasteiger partial charge in [-0.25, -0.2) is 0 Å². The van der Waals surface area contributed by atoms with Crippen LogP contribution in [0.5, 0.6) is 5.75 Å². The van der Waals surface area contributed by atoms with E-state index < -0.39 is 4.92 Å². The fourth-order valence-electron chi connectivity index (χ4n) is 3.16. The summed E-state index contributed by atoms with van der Waals surface area (Å²) in [6.45, 7) is 5.49. The Labute approximate surface area is 158 Å². The van der Waals surface area contributed by atoms with Gasteiger partial charge in [-0.2, -0.15) is 0 Å². The van der Waals surface area contributed by atoms with Crippen LogP contribution in [0.25, 0.3) is 0 Å². The highest BCUT2D eigenvalue weighted by Gasteiger charge is 2.21. The lowest BCUT2D eigenvalue weighted by Gasteiger charge is -2.34. The van der Waals surface area contributed by atoms with Gasteiger partial charge in [-0.1, -0.05) is 30.3 Å². The van der Waals surface area contributed by atoms with Crippen LogP contribution in [-0.2, 0) is 11.3 Å². The Kier molecular flexibility index (Phi) is 6.03. The molecule has 3 rings (SSSR count). The number of carbonyl (C=O) groups is 1. The fraction of sp³-hybridized carbons (Fsp3) is 0.350. The summed E-state index contributed by atoms with van der Waals surface area (Å²) in [6, 6.07) is 14.8. The van der Waals surface area contributed by atoms with Gasteiger partial charge in [0.25, 0.3) is 11.6 Å². The molecule has 142 valence electrons.